The van der Waals surface area contributed by atoms with Crippen LogP contribution < -0.4 is 5.32 Å². The van der Waals surface area contributed by atoms with E-state index in [0.717, 1.165) is 0 Å². The molecular weight excluding hydrogens is 194 g/mol. The summed E-state index contributed by atoms with van der Waals surface area (Å²) in [7, 11) is 0. The minimum atomic E-state index is -0.885. The van der Waals surface area contributed by atoms with Crippen molar-refractivity contribution in [3.05, 3.63) is 0 Å². The zero-order valence-corrected chi connectivity index (χ0v) is 9.96. The second-order valence-electron chi connectivity index (χ2n) is 4.63. The fraction of sp³-hybridized carbons (Fsp3) is 0.818. The zero-order valence-electron chi connectivity index (χ0n) is 9.96. The van der Waals surface area contributed by atoms with E-state index in [1.54, 1.807) is 6.92 Å². The molecule has 15 heavy (non-hydrogen) atoms. The summed E-state index contributed by atoms with van der Waals surface area (Å²) >= 11 is 0. The van der Waals surface area contributed by atoms with E-state index in [0.29, 0.717) is 12.8 Å². The van der Waals surface area contributed by atoms with Crippen LogP contribution in [0.2, 0.25) is 0 Å². The maximum Gasteiger partial charge on any atom is 0.305 e. The number of carbonyl (C=O) groups excluding carboxylic acids is 1. The summed E-state index contributed by atoms with van der Waals surface area (Å²) in [5.41, 5.74) is -0.627. The quantitative estimate of drug-likeness (QED) is 0.710. The fourth-order valence-electron chi connectivity index (χ4n) is 1.35. The maximum absolute atomic E-state index is 11.5. The monoisotopic (exact) mass is 215 g/mol. The van der Waals surface area contributed by atoms with Crippen molar-refractivity contribution < 1.29 is 14.7 Å². The number of carbonyl (C=O) groups is 2. The average molecular weight is 215 g/mol. The number of aliphatic carboxylic acids is 1. The van der Waals surface area contributed by atoms with Crippen LogP contribution in [-0.4, -0.2) is 22.5 Å². The van der Waals surface area contributed by atoms with E-state index in [1.165, 1.54) is 0 Å². The van der Waals surface area contributed by atoms with Crippen LogP contribution in [0.5, 0.6) is 0 Å². The van der Waals surface area contributed by atoms with Crippen molar-refractivity contribution in [1.29, 1.82) is 0 Å². The average Bonchev–Trinajstić information content (AvgIpc) is 2.00. The van der Waals surface area contributed by atoms with Crippen LogP contribution in [0.1, 0.15) is 47.0 Å². The molecule has 0 fully saturated rings. The Balaban J connectivity index is 4.30. The van der Waals surface area contributed by atoms with Gasteiger partial charge in [-0.1, -0.05) is 20.8 Å². The van der Waals surface area contributed by atoms with Crippen molar-refractivity contribution in [2.75, 3.05) is 0 Å². The number of nitrogens with one attached hydrogen (secondary N) is 1. The number of hydrogen-bond donors (Lipinski definition) is 2. The van der Waals surface area contributed by atoms with Gasteiger partial charge in [-0.05, 0) is 19.3 Å². The van der Waals surface area contributed by atoms with E-state index in [-0.39, 0.29) is 18.2 Å². The van der Waals surface area contributed by atoms with Crippen molar-refractivity contribution in [2.45, 2.75) is 52.5 Å². The van der Waals surface area contributed by atoms with Gasteiger partial charge in [0.05, 0.1) is 6.42 Å². The van der Waals surface area contributed by atoms with Crippen molar-refractivity contribution >= 4 is 11.9 Å². The van der Waals surface area contributed by atoms with Crippen molar-refractivity contribution in [2.24, 2.45) is 5.92 Å². The van der Waals surface area contributed by atoms with Crippen LogP contribution in [-0.2, 0) is 9.59 Å². The lowest BCUT2D eigenvalue weighted by molar-refractivity contribution is -0.139. The van der Waals surface area contributed by atoms with E-state index in [4.69, 9.17) is 5.11 Å². The Hall–Kier alpha value is -1.06. The van der Waals surface area contributed by atoms with Gasteiger partial charge >= 0.3 is 5.97 Å². The van der Waals surface area contributed by atoms with Gasteiger partial charge < -0.3 is 10.4 Å². The van der Waals surface area contributed by atoms with Crippen molar-refractivity contribution in [1.82, 2.24) is 5.32 Å². The molecular formula is C11H21NO3. The fourth-order valence-corrected chi connectivity index (χ4v) is 1.35. The molecule has 88 valence electrons. The number of rotatable bonds is 6. The molecule has 0 bridgehead atoms. The highest BCUT2D eigenvalue weighted by atomic mass is 16.4. The molecule has 2 N–H and O–H groups in total. The molecule has 1 amide bonds. The second-order valence-corrected chi connectivity index (χ2v) is 4.63. The summed E-state index contributed by atoms with van der Waals surface area (Å²) < 4.78 is 0. The van der Waals surface area contributed by atoms with Crippen molar-refractivity contribution in [3.63, 3.8) is 0 Å². The molecule has 0 spiro atoms. The first-order valence-corrected chi connectivity index (χ1v) is 5.32. The van der Waals surface area contributed by atoms with Crippen LogP contribution in [0.25, 0.3) is 0 Å². The lowest BCUT2D eigenvalue weighted by Gasteiger charge is -2.28. The Labute approximate surface area is 91.1 Å². The highest BCUT2D eigenvalue weighted by Gasteiger charge is 2.27. The zero-order chi connectivity index (χ0) is 12.1. The Morgan fingerprint density at radius 1 is 1.40 bits per heavy atom. The molecule has 1 unspecified atom stereocenters. The molecule has 0 saturated carbocycles. The summed E-state index contributed by atoms with van der Waals surface area (Å²) in [6, 6.07) is 0. The predicted molar refractivity (Wildman–Crippen MR) is 58.5 cm³/mol. The van der Waals surface area contributed by atoms with Gasteiger partial charge in [0.15, 0.2) is 0 Å². The predicted octanol–water partition coefficient (Wildman–Crippen LogP) is 1.79. The molecule has 0 aromatic rings. The topological polar surface area (TPSA) is 66.4 Å². The Morgan fingerprint density at radius 2 is 1.93 bits per heavy atom. The van der Waals surface area contributed by atoms with E-state index in [1.807, 2.05) is 20.8 Å². The van der Waals surface area contributed by atoms with Gasteiger partial charge in [0.2, 0.25) is 5.91 Å². The van der Waals surface area contributed by atoms with Gasteiger partial charge in [0, 0.05) is 12.0 Å². The smallest absolute Gasteiger partial charge is 0.305 e. The van der Waals surface area contributed by atoms with Gasteiger partial charge in [-0.2, -0.15) is 0 Å². The molecule has 0 aromatic carbocycles. The first-order valence-electron chi connectivity index (χ1n) is 5.32. The Morgan fingerprint density at radius 3 is 2.27 bits per heavy atom. The molecule has 0 radical (unpaired) electrons. The first kappa shape index (κ1) is 13.9. The number of carboxylic acid groups (broad SMARTS) is 1. The number of carboxylic acids is 1. The second kappa shape index (κ2) is 5.73. The number of amides is 1. The van der Waals surface area contributed by atoms with Gasteiger partial charge in [-0.15, -0.1) is 0 Å². The van der Waals surface area contributed by atoms with E-state index < -0.39 is 11.5 Å². The van der Waals surface area contributed by atoms with Crippen LogP contribution in [0, 0.1) is 5.92 Å². The molecule has 0 rings (SSSR count). The lowest BCUT2D eigenvalue weighted by atomic mass is 9.94. The summed E-state index contributed by atoms with van der Waals surface area (Å²) in [4.78, 5) is 22.1. The van der Waals surface area contributed by atoms with Gasteiger partial charge in [-0.3, -0.25) is 9.59 Å². The van der Waals surface area contributed by atoms with Crippen LogP contribution in [0.15, 0.2) is 0 Å². The summed E-state index contributed by atoms with van der Waals surface area (Å²) in [5.74, 6) is -0.671. The molecule has 0 saturated heterocycles. The highest BCUT2D eigenvalue weighted by Crippen LogP contribution is 2.15. The largest absolute Gasteiger partial charge is 0.481 e. The molecule has 1 atom stereocenters. The minimum Gasteiger partial charge on any atom is -0.481 e. The molecule has 0 aromatic heterocycles. The summed E-state index contributed by atoms with van der Waals surface area (Å²) in [6.07, 6.45) is 1.02. The summed E-state index contributed by atoms with van der Waals surface area (Å²) in [5, 5.41) is 11.5. The third-order valence-corrected chi connectivity index (χ3v) is 2.36. The molecule has 0 aliphatic carbocycles. The van der Waals surface area contributed by atoms with Gasteiger partial charge in [-0.25, -0.2) is 0 Å². The Bertz CT molecular complexity index is 238. The van der Waals surface area contributed by atoms with E-state index in [9.17, 15) is 9.59 Å². The molecule has 0 aliphatic heterocycles. The standard InChI is InChI=1S/C11H21NO3/c1-5-11(4,7-10(14)15)12-9(13)6-8(2)3/h8H,5-7H2,1-4H3,(H,12,13)(H,14,15). The lowest BCUT2D eigenvalue weighted by Crippen LogP contribution is -2.47. The van der Waals surface area contributed by atoms with E-state index >= 15 is 0 Å². The normalized spacial score (nSPS) is 14.7. The highest BCUT2D eigenvalue weighted by molar-refractivity contribution is 5.78. The van der Waals surface area contributed by atoms with E-state index in [2.05, 4.69) is 5.32 Å². The number of hydrogen-bond acceptors (Lipinski definition) is 2. The SMILES string of the molecule is CCC(C)(CC(=O)O)NC(=O)CC(C)C. The molecule has 4 heteroatoms. The third-order valence-electron chi connectivity index (χ3n) is 2.36. The summed E-state index contributed by atoms with van der Waals surface area (Å²) in [6.45, 7) is 7.55. The third kappa shape index (κ3) is 6.10. The van der Waals surface area contributed by atoms with Crippen molar-refractivity contribution in [3.8, 4) is 0 Å². The van der Waals surface area contributed by atoms with Crippen LogP contribution in [0.3, 0.4) is 0 Å². The Kier molecular flexibility index (Phi) is 5.33. The first-order chi connectivity index (χ1) is 6.79. The van der Waals surface area contributed by atoms with Gasteiger partial charge in [0.25, 0.3) is 0 Å². The molecule has 4 nitrogen and oxygen atoms in total. The van der Waals surface area contributed by atoms with Crippen LogP contribution >= 0.6 is 0 Å². The van der Waals surface area contributed by atoms with Gasteiger partial charge in [0.1, 0.15) is 0 Å². The molecule has 0 aliphatic rings. The molecule has 0 heterocycles. The minimum absolute atomic E-state index is 0.0344. The maximum atomic E-state index is 11.5. The van der Waals surface area contributed by atoms with Crippen LogP contribution in [0.4, 0.5) is 0 Å².